The fourth-order valence-electron chi connectivity index (χ4n) is 2.21. The number of rotatable bonds is 4. The standard InChI is InChI=1S/C13H13NO6/c15-6-7-3-11(16)14(5-7)10-4-8(12(17)18)1-2-9(10)13(19)20/h1-2,4,7,15H,3,5-6H2,(H,17,18)(H,19,20). The summed E-state index contributed by atoms with van der Waals surface area (Å²) in [5.41, 5.74) is -0.175. The van der Waals surface area contributed by atoms with Crippen molar-refractivity contribution in [2.45, 2.75) is 6.42 Å². The molecule has 0 saturated carbocycles. The molecule has 1 aromatic carbocycles. The maximum absolute atomic E-state index is 11.9. The van der Waals surface area contributed by atoms with Gasteiger partial charge in [-0.25, -0.2) is 9.59 Å². The number of hydrogen-bond acceptors (Lipinski definition) is 4. The van der Waals surface area contributed by atoms with Gasteiger partial charge in [-0.1, -0.05) is 0 Å². The first-order chi connectivity index (χ1) is 9.43. The normalized spacial score (nSPS) is 18.4. The van der Waals surface area contributed by atoms with Crippen molar-refractivity contribution in [2.75, 3.05) is 18.1 Å². The van der Waals surface area contributed by atoms with Crippen LogP contribution in [0.25, 0.3) is 0 Å². The molecule has 7 nitrogen and oxygen atoms in total. The van der Waals surface area contributed by atoms with E-state index in [1.165, 1.54) is 23.1 Å². The largest absolute Gasteiger partial charge is 0.478 e. The third-order valence-electron chi connectivity index (χ3n) is 3.23. The number of carbonyl (C=O) groups excluding carboxylic acids is 1. The van der Waals surface area contributed by atoms with Crippen LogP contribution < -0.4 is 4.90 Å². The molecule has 1 amide bonds. The molecule has 106 valence electrons. The highest BCUT2D eigenvalue weighted by molar-refractivity contribution is 6.04. The van der Waals surface area contributed by atoms with Gasteiger partial charge >= 0.3 is 11.9 Å². The van der Waals surface area contributed by atoms with Crippen LogP contribution in [-0.4, -0.2) is 46.3 Å². The summed E-state index contributed by atoms with van der Waals surface area (Å²) in [4.78, 5) is 35.2. The molecule has 1 atom stereocenters. The van der Waals surface area contributed by atoms with E-state index >= 15 is 0 Å². The monoisotopic (exact) mass is 279 g/mol. The number of nitrogens with zero attached hydrogens (tertiary/aromatic N) is 1. The average molecular weight is 279 g/mol. The van der Waals surface area contributed by atoms with Gasteiger partial charge in [0.25, 0.3) is 0 Å². The maximum atomic E-state index is 11.9. The van der Waals surface area contributed by atoms with Gasteiger partial charge in [0.15, 0.2) is 0 Å². The van der Waals surface area contributed by atoms with Gasteiger partial charge in [-0.15, -0.1) is 0 Å². The summed E-state index contributed by atoms with van der Waals surface area (Å²) in [5, 5.41) is 27.2. The highest BCUT2D eigenvalue weighted by Crippen LogP contribution is 2.29. The molecule has 0 radical (unpaired) electrons. The van der Waals surface area contributed by atoms with Crippen LogP contribution in [-0.2, 0) is 4.79 Å². The SMILES string of the molecule is O=C(O)c1ccc(C(=O)O)c(N2CC(CO)CC2=O)c1. The van der Waals surface area contributed by atoms with E-state index in [2.05, 4.69) is 0 Å². The number of carboxylic acids is 2. The molecule has 0 aromatic heterocycles. The highest BCUT2D eigenvalue weighted by Gasteiger charge is 2.32. The number of amides is 1. The number of carboxylic acid groups (broad SMARTS) is 2. The Morgan fingerprint density at radius 2 is 1.95 bits per heavy atom. The number of aliphatic hydroxyl groups is 1. The predicted octanol–water partition coefficient (Wildman–Crippen LogP) is 0.428. The molecule has 7 heteroatoms. The van der Waals surface area contributed by atoms with E-state index < -0.39 is 11.9 Å². The Kier molecular flexibility index (Phi) is 3.71. The summed E-state index contributed by atoms with van der Waals surface area (Å²) in [6.07, 6.45) is 0.118. The van der Waals surface area contributed by atoms with Crippen molar-refractivity contribution in [2.24, 2.45) is 5.92 Å². The van der Waals surface area contributed by atoms with E-state index in [-0.39, 0.29) is 48.2 Å². The number of anilines is 1. The van der Waals surface area contributed by atoms with Crippen LogP contribution in [0.3, 0.4) is 0 Å². The second kappa shape index (κ2) is 5.30. The zero-order valence-corrected chi connectivity index (χ0v) is 10.4. The van der Waals surface area contributed by atoms with Crippen molar-refractivity contribution < 1.29 is 29.7 Å². The van der Waals surface area contributed by atoms with Crippen LogP contribution >= 0.6 is 0 Å². The first kappa shape index (κ1) is 14.0. The molecule has 0 bridgehead atoms. The molecule has 3 N–H and O–H groups in total. The van der Waals surface area contributed by atoms with Crippen LogP contribution in [0.1, 0.15) is 27.1 Å². The van der Waals surface area contributed by atoms with Gasteiger partial charge in [0, 0.05) is 25.5 Å². The third kappa shape index (κ3) is 2.48. The molecule has 1 aromatic rings. The fraction of sp³-hybridized carbons (Fsp3) is 0.308. The molecule has 1 aliphatic rings. The van der Waals surface area contributed by atoms with E-state index in [9.17, 15) is 14.4 Å². The minimum atomic E-state index is -1.24. The number of benzene rings is 1. The molecular formula is C13H13NO6. The van der Waals surface area contributed by atoms with E-state index in [1.807, 2.05) is 0 Å². The first-order valence-electron chi connectivity index (χ1n) is 5.96. The van der Waals surface area contributed by atoms with Gasteiger partial charge in [-0.2, -0.15) is 0 Å². The zero-order chi connectivity index (χ0) is 14.9. The van der Waals surface area contributed by atoms with Crippen molar-refractivity contribution in [3.63, 3.8) is 0 Å². The lowest BCUT2D eigenvalue weighted by atomic mass is 10.1. The van der Waals surface area contributed by atoms with Crippen LogP contribution in [0.2, 0.25) is 0 Å². The van der Waals surface area contributed by atoms with Gasteiger partial charge in [-0.3, -0.25) is 4.79 Å². The lowest BCUT2D eigenvalue weighted by Gasteiger charge is -2.19. The molecule has 0 aliphatic carbocycles. The van der Waals surface area contributed by atoms with Crippen molar-refractivity contribution in [3.8, 4) is 0 Å². The minimum Gasteiger partial charge on any atom is -0.478 e. The quantitative estimate of drug-likeness (QED) is 0.736. The second-order valence-corrected chi connectivity index (χ2v) is 4.60. The summed E-state index contributed by atoms with van der Waals surface area (Å²) < 4.78 is 0. The summed E-state index contributed by atoms with van der Waals surface area (Å²) >= 11 is 0. The molecule has 1 saturated heterocycles. The Bertz CT molecular complexity index is 582. The summed E-state index contributed by atoms with van der Waals surface area (Å²) in [6.45, 7) is 0.00194. The lowest BCUT2D eigenvalue weighted by Crippen LogP contribution is -2.27. The van der Waals surface area contributed by atoms with Gasteiger partial charge in [0.05, 0.1) is 16.8 Å². The van der Waals surface area contributed by atoms with E-state index in [1.54, 1.807) is 0 Å². The lowest BCUT2D eigenvalue weighted by molar-refractivity contribution is -0.117. The maximum Gasteiger partial charge on any atom is 0.337 e. The minimum absolute atomic E-state index is 0.0540. The van der Waals surface area contributed by atoms with Crippen molar-refractivity contribution in [1.29, 1.82) is 0 Å². The van der Waals surface area contributed by atoms with Gasteiger partial charge in [-0.05, 0) is 18.2 Å². The van der Waals surface area contributed by atoms with E-state index in [0.29, 0.717) is 0 Å². The van der Waals surface area contributed by atoms with Gasteiger partial charge in [0.1, 0.15) is 0 Å². The molecule has 1 fully saturated rings. The van der Waals surface area contributed by atoms with Gasteiger partial charge in [0.2, 0.25) is 5.91 Å². The topological polar surface area (TPSA) is 115 Å². The third-order valence-corrected chi connectivity index (χ3v) is 3.23. The zero-order valence-electron chi connectivity index (χ0n) is 10.4. The van der Waals surface area contributed by atoms with Crippen LogP contribution in [0.4, 0.5) is 5.69 Å². The average Bonchev–Trinajstić information content (AvgIpc) is 2.79. The fourth-order valence-corrected chi connectivity index (χ4v) is 2.21. The second-order valence-electron chi connectivity index (χ2n) is 4.60. The highest BCUT2D eigenvalue weighted by atomic mass is 16.4. The smallest absolute Gasteiger partial charge is 0.337 e. The molecule has 1 heterocycles. The molecule has 2 rings (SSSR count). The summed E-state index contributed by atoms with van der Waals surface area (Å²) in [6, 6.07) is 3.52. The Morgan fingerprint density at radius 3 is 2.45 bits per heavy atom. The Balaban J connectivity index is 2.47. The first-order valence-corrected chi connectivity index (χ1v) is 5.96. The van der Waals surface area contributed by atoms with Gasteiger partial charge < -0.3 is 20.2 Å². The predicted molar refractivity (Wildman–Crippen MR) is 67.9 cm³/mol. The summed E-state index contributed by atoms with van der Waals surface area (Å²) in [7, 11) is 0. The Labute approximate surface area is 114 Å². The molecule has 0 spiro atoms. The van der Waals surface area contributed by atoms with Crippen molar-refractivity contribution >= 4 is 23.5 Å². The van der Waals surface area contributed by atoms with Crippen LogP contribution in [0.5, 0.6) is 0 Å². The Hall–Kier alpha value is -2.41. The van der Waals surface area contributed by atoms with Crippen molar-refractivity contribution in [3.05, 3.63) is 29.3 Å². The van der Waals surface area contributed by atoms with Crippen LogP contribution in [0, 0.1) is 5.92 Å². The summed E-state index contributed by atoms with van der Waals surface area (Å²) in [5.74, 6) is -3.03. The number of carbonyl (C=O) groups is 3. The van der Waals surface area contributed by atoms with E-state index in [0.717, 1.165) is 0 Å². The molecule has 1 aliphatic heterocycles. The molecule has 1 unspecified atom stereocenters. The molecular weight excluding hydrogens is 266 g/mol. The van der Waals surface area contributed by atoms with E-state index in [4.69, 9.17) is 15.3 Å². The van der Waals surface area contributed by atoms with Crippen molar-refractivity contribution in [1.82, 2.24) is 0 Å². The number of hydrogen-bond donors (Lipinski definition) is 3. The number of aliphatic hydroxyl groups excluding tert-OH is 1. The number of aromatic carboxylic acids is 2. The molecule has 20 heavy (non-hydrogen) atoms. The van der Waals surface area contributed by atoms with Crippen LogP contribution in [0.15, 0.2) is 18.2 Å². The Morgan fingerprint density at radius 1 is 1.25 bits per heavy atom.